The molecular formula is C114H96BN3O3. The smallest absolute Gasteiger partial charge is 0.146 e. The average molecular weight is 1570 g/mol. The lowest BCUT2D eigenvalue weighted by atomic mass is 9.81. The van der Waals surface area contributed by atoms with Crippen molar-refractivity contribution >= 4 is 41.4 Å². The Morgan fingerprint density at radius 3 is 0.413 bits per heavy atom. The summed E-state index contributed by atoms with van der Waals surface area (Å²) in [4.78, 5) is 0. The quantitative estimate of drug-likeness (QED) is 0.0635. The van der Waals surface area contributed by atoms with Gasteiger partial charge in [-0.1, -0.05) is 419 Å². The summed E-state index contributed by atoms with van der Waals surface area (Å²) in [7, 11) is 10.9. The van der Waals surface area contributed by atoms with Crippen LogP contribution in [0.3, 0.4) is 0 Å². The summed E-state index contributed by atoms with van der Waals surface area (Å²) in [5, 5.41) is 25.2. The molecule has 7 heteroatoms. The molecule has 0 amide bonds. The predicted molar refractivity (Wildman–Crippen MR) is 510 cm³/mol. The second kappa shape index (κ2) is 38.0. The van der Waals surface area contributed by atoms with E-state index in [-0.39, 0.29) is 0 Å². The van der Waals surface area contributed by atoms with Crippen molar-refractivity contribution in [3.63, 3.8) is 0 Å². The molecule has 0 atom stereocenters. The lowest BCUT2D eigenvalue weighted by Gasteiger charge is -2.35. The minimum Gasteiger partial charge on any atom is -0.907 e. The van der Waals surface area contributed by atoms with Crippen LogP contribution in [0.15, 0.2) is 473 Å². The monoisotopic (exact) mass is 1570 g/mol. The molecule has 6 nitrogen and oxygen atoms in total. The predicted octanol–water partition coefficient (Wildman–Crippen LogP) is 26.8. The molecule has 18 aromatic rings. The first-order valence-electron chi connectivity index (χ1n) is 41.1. The SMILES string of the molecule is C[N+](C)(c1ccccc1)c1cc(-c2ccccc2)c(-c2ccccc2)c(-c2ccccc2)c1-c1ccccc1.C[N+](C)(c1ccccc1)c1cc(-c2ccccc2)c(-c2ccccc2)c(-c2ccccc2)c1-c1ccccc1.C[N+](C)(c1ccccc1)c1cc(-c2ccccc2)c(-c2ccccc2)c(-c2ccccc2)c1-c1ccccc1.[O-]B([O-])[O-]. The van der Waals surface area contributed by atoms with E-state index in [2.05, 4.69) is 515 Å². The second-order valence-corrected chi connectivity index (χ2v) is 31.3. The Morgan fingerprint density at radius 1 is 0.149 bits per heavy atom. The van der Waals surface area contributed by atoms with Crippen molar-refractivity contribution in [2.75, 3.05) is 42.3 Å². The largest absolute Gasteiger partial charge is 0.907 e. The molecule has 588 valence electrons. The maximum Gasteiger partial charge on any atom is 0.146 e. The average Bonchev–Trinajstić information content (AvgIpc) is 0.738. The molecule has 121 heavy (non-hydrogen) atoms. The maximum atomic E-state index is 8.42. The van der Waals surface area contributed by atoms with Gasteiger partial charge in [0.05, 0.1) is 59.0 Å². The van der Waals surface area contributed by atoms with Gasteiger partial charge in [-0.15, -0.1) is 0 Å². The number of para-hydroxylation sites is 3. The Morgan fingerprint density at radius 2 is 0.264 bits per heavy atom. The Balaban J connectivity index is 0.000000138. The fraction of sp³-hybridized carbons (Fsp3) is 0.0526. The fourth-order valence-electron chi connectivity index (χ4n) is 16.8. The number of benzene rings is 18. The standard InChI is InChI=1S/3C38H32N.BO3/c3*1-39(2,33-26-16-7-17-27-33)35-28-34(29-18-8-3-9-19-29)36(30-20-10-4-11-21-30)38(32-24-14-6-15-25-32)37(35)31-22-12-5-13-23-31;2-1(3)4/h3*3-28H,1-2H3;/q3*+1;-3. The van der Waals surface area contributed by atoms with E-state index in [1.165, 1.54) is 168 Å². The topological polar surface area (TPSA) is 69.2 Å². The van der Waals surface area contributed by atoms with E-state index < -0.39 is 7.32 Å². The third-order valence-electron chi connectivity index (χ3n) is 22.7. The van der Waals surface area contributed by atoms with Gasteiger partial charge >= 0.3 is 0 Å². The van der Waals surface area contributed by atoms with Crippen molar-refractivity contribution in [3.8, 4) is 134 Å². The van der Waals surface area contributed by atoms with Crippen molar-refractivity contribution in [1.29, 1.82) is 0 Å². The van der Waals surface area contributed by atoms with Crippen LogP contribution < -0.4 is 28.5 Å². The third-order valence-corrected chi connectivity index (χ3v) is 22.7. The zero-order valence-electron chi connectivity index (χ0n) is 69.2. The lowest BCUT2D eigenvalue weighted by Crippen LogP contribution is -2.56. The molecule has 0 fully saturated rings. The fourth-order valence-corrected chi connectivity index (χ4v) is 16.8. The summed E-state index contributed by atoms with van der Waals surface area (Å²) in [6, 6.07) is 170. The molecule has 0 N–H and O–H groups in total. The zero-order valence-corrected chi connectivity index (χ0v) is 69.2. The normalized spacial score (nSPS) is 11.2. The molecule has 18 rings (SSSR count). The van der Waals surface area contributed by atoms with Crippen molar-refractivity contribution in [1.82, 2.24) is 13.4 Å². The van der Waals surface area contributed by atoms with Gasteiger partial charge in [0.15, 0.2) is 0 Å². The van der Waals surface area contributed by atoms with Crippen molar-refractivity contribution in [2.45, 2.75) is 0 Å². The first-order valence-corrected chi connectivity index (χ1v) is 41.1. The number of quaternary nitrogens is 3. The molecule has 0 saturated heterocycles. The highest BCUT2D eigenvalue weighted by Gasteiger charge is 2.37. The zero-order chi connectivity index (χ0) is 83.6. The van der Waals surface area contributed by atoms with Gasteiger partial charge in [0.25, 0.3) is 0 Å². The highest BCUT2D eigenvalue weighted by atomic mass is 16.5. The summed E-state index contributed by atoms with van der Waals surface area (Å²) in [5.41, 5.74) is 37.0. The minimum absolute atomic E-state index is 0.611. The van der Waals surface area contributed by atoms with Crippen LogP contribution in [0.25, 0.3) is 134 Å². The van der Waals surface area contributed by atoms with E-state index in [0.717, 1.165) is 0 Å². The number of rotatable bonds is 18. The van der Waals surface area contributed by atoms with Crippen molar-refractivity contribution in [3.05, 3.63) is 473 Å². The van der Waals surface area contributed by atoms with Gasteiger partial charge in [-0.3, -0.25) is 20.8 Å². The Hall–Kier alpha value is -14.2. The summed E-state index contributed by atoms with van der Waals surface area (Å²) in [6.45, 7) is 0. The van der Waals surface area contributed by atoms with E-state index >= 15 is 0 Å². The molecule has 0 aromatic heterocycles. The molecule has 0 aliphatic rings. The Kier molecular flexibility index (Phi) is 25.7. The van der Waals surface area contributed by atoms with Gasteiger partial charge in [-0.25, -0.2) is 0 Å². The summed E-state index contributed by atoms with van der Waals surface area (Å²) >= 11 is 0. The van der Waals surface area contributed by atoms with E-state index in [9.17, 15) is 0 Å². The molecule has 0 aliphatic carbocycles. The molecule has 0 unspecified atom stereocenters. The number of hydrogen-bond donors (Lipinski definition) is 0. The molecular weight excluding hydrogens is 1470 g/mol. The highest BCUT2D eigenvalue weighted by molar-refractivity contribution is 6.24. The van der Waals surface area contributed by atoms with Gasteiger partial charge in [-0.2, -0.15) is 0 Å². The van der Waals surface area contributed by atoms with Crippen LogP contribution in [0.4, 0.5) is 34.1 Å². The van der Waals surface area contributed by atoms with Gasteiger partial charge in [0.1, 0.15) is 34.1 Å². The van der Waals surface area contributed by atoms with E-state index in [1.54, 1.807) is 0 Å². The van der Waals surface area contributed by atoms with Crippen molar-refractivity contribution in [2.24, 2.45) is 0 Å². The van der Waals surface area contributed by atoms with E-state index in [0.29, 0.717) is 13.4 Å². The second-order valence-electron chi connectivity index (χ2n) is 31.3. The summed E-state index contributed by atoms with van der Waals surface area (Å²) < 4.78 is 1.83. The molecule has 0 spiro atoms. The van der Waals surface area contributed by atoms with E-state index in [4.69, 9.17) is 15.1 Å². The number of nitrogens with zero attached hydrogens (tertiary/aromatic N) is 3. The molecule has 0 heterocycles. The Labute approximate surface area is 714 Å². The van der Waals surface area contributed by atoms with Crippen LogP contribution in [0.1, 0.15) is 0 Å². The minimum atomic E-state index is -2.92. The molecule has 18 aromatic carbocycles. The van der Waals surface area contributed by atoms with Crippen LogP contribution in [0.2, 0.25) is 0 Å². The van der Waals surface area contributed by atoms with Crippen LogP contribution >= 0.6 is 0 Å². The molecule has 0 aliphatic heterocycles. The van der Waals surface area contributed by atoms with Crippen LogP contribution in [-0.2, 0) is 0 Å². The van der Waals surface area contributed by atoms with Crippen LogP contribution in [-0.4, -0.2) is 49.6 Å². The van der Waals surface area contributed by atoms with Crippen LogP contribution in [0, 0.1) is 0 Å². The molecule has 0 saturated carbocycles. The summed E-state index contributed by atoms with van der Waals surface area (Å²) in [6.07, 6.45) is 0. The van der Waals surface area contributed by atoms with Gasteiger partial charge in [0.2, 0.25) is 0 Å². The van der Waals surface area contributed by atoms with E-state index in [1.807, 2.05) is 0 Å². The van der Waals surface area contributed by atoms with Crippen molar-refractivity contribution < 1.29 is 15.1 Å². The first kappa shape index (κ1) is 81.9. The Bertz CT molecular complexity index is 5720. The maximum absolute atomic E-state index is 8.42. The van der Waals surface area contributed by atoms with Gasteiger partial charge in [0, 0.05) is 34.9 Å². The number of hydrogen-bond acceptors (Lipinski definition) is 3. The summed E-state index contributed by atoms with van der Waals surface area (Å²) in [5.74, 6) is 0. The first-order chi connectivity index (χ1) is 59.2. The lowest BCUT2D eigenvalue weighted by molar-refractivity contribution is -0.479. The van der Waals surface area contributed by atoms with Gasteiger partial charge in [-0.05, 0) is 137 Å². The highest BCUT2D eigenvalue weighted by Crippen LogP contribution is 2.57. The molecule has 0 bridgehead atoms. The van der Waals surface area contributed by atoms with Crippen LogP contribution in [0.5, 0.6) is 0 Å². The third kappa shape index (κ3) is 18.3. The molecule has 0 radical (unpaired) electrons. The van der Waals surface area contributed by atoms with Gasteiger partial charge < -0.3 is 15.1 Å².